The summed E-state index contributed by atoms with van der Waals surface area (Å²) in [7, 11) is 0. The monoisotopic (exact) mass is 2010 g/mol. The van der Waals surface area contributed by atoms with Gasteiger partial charge in [-0.15, -0.1) is 0 Å². The maximum Gasteiger partial charge on any atom is 0.217 e. The molecule has 0 aliphatic carbocycles. The molecule has 0 aromatic heterocycles. The molecule has 11 heterocycles. The second-order valence-corrected chi connectivity index (χ2v) is 34.5. The Morgan fingerprint density at radius 2 is 0.409 bits per heavy atom. The lowest BCUT2D eigenvalue weighted by molar-refractivity contribution is -0.406. The molecule has 55 atom stereocenters. The third-order valence-electron chi connectivity index (χ3n) is 25.0. The van der Waals surface area contributed by atoms with Crippen LogP contribution in [0, 0.1) is 0 Å². The molecule has 11 fully saturated rings. The van der Waals surface area contributed by atoms with Gasteiger partial charge in [-0.2, -0.15) is 0 Å². The van der Waals surface area contributed by atoms with Crippen molar-refractivity contribution in [2.24, 2.45) is 0 Å². The van der Waals surface area contributed by atoms with Crippen LogP contribution in [-0.2, 0) is 123 Å². The third-order valence-corrected chi connectivity index (χ3v) is 25.0. The van der Waals surface area contributed by atoms with Gasteiger partial charge in [0.05, 0.1) is 72.7 Å². The molecule has 61 nitrogen and oxygen atoms in total. The predicted octanol–water partition coefficient (Wildman–Crippen LogP) is -24.3. The van der Waals surface area contributed by atoms with E-state index in [-0.39, 0.29) is 0 Å². The Labute approximate surface area is 775 Å². The van der Waals surface area contributed by atoms with Crippen LogP contribution in [0.5, 0.6) is 0 Å². The smallest absolute Gasteiger partial charge is 0.217 e. The lowest BCUT2D eigenvalue weighted by atomic mass is 9.93. The molecule has 61 heteroatoms. The maximum atomic E-state index is 13.5. The Morgan fingerprint density at radius 3 is 0.759 bits per heavy atom. The van der Waals surface area contributed by atoms with Gasteiger partial charge in [-0.3, -0.25) is 24.0 Å². The van der Waals surface area contributed by atoms with Gasteiger partial charge in [0, 0.05) is 34.6 Å². The van der Waals surface area contributed by atoms with Gasteiger partial charge >= 0.3 is 0 Å². The van der Waals surface area contributed by atoms with Crippen LogP contribution < -0.4 is 26.6 Å². The van der Waals surface area contributed by atoms with Crippen molar-refractivity contribution in [3.63, 3.8) is 0 Å². The standard InChI is InChI=1S/C76H127N5O56/c1-17(92)77-33-45(104)57(27(11-87)118-66(33)116)129-68-35(79-19(3)94)46(105)60(29(13-89)124-68)133-74-56(115)63(43(102)32(128-74)16-117-75-64(51(110)41(100)25(9-85)123-75)136-69-36(80-20(4)95)47(106)58(28(12-88)125-69)131-71-52(111)49(108)39(98)23(7-83)120-71)135-76-65(54(113)61(31(15-91)127-76)130-67-34(78-18(2)93)44(103)38(97)22(6-82)119-67)137-70-37(81-21(5)96)48(107)59(30(14-90)126-70)132-73-55(114)62(42(101)26(10-86)122-73)134-72-53(112)50(109)40(99)24(8-84)121-72/h22-76,82-91,97-116H,6-16H2,1-5H3,(H,77,92)(H,78,93)(H,79,94)(H,80,95)(H,81,96)/t22-,23-,24-,25-,26-,27-,28-,29-,30-,31-,32-,33-,34-,35-,36-,37-,38-,39+,40+,41-,42+,43-,44-,45-,46-,47-,48-,49+,50+,51+,52-,53-,54+,55-,56+,57-,58-,59-,60-,61-,62+,63+,64+,65+,66-,67+,68+,69+,70+,71+,72-,73+,74+,75+,76-/m1/s1. The molecule has 0 spiro atoms. The number of carbonyl (C=O) groups excluding carboxylic acids is 5. The quantitative estimate of drug-likeness (QED) is 0.0277. The van der Waals surface area contributed by atoms with Crippen molar-refractivity contribution in [1.29, 1.82) is 0 Å². The number of nitrogens with one attached hydrogen (secondary N) is 5. The Balaban J connectivity index is 0.970. The lowest BCUT2D eigenvalue weighted by Gasteiger charge is -2.52. The molecule has 11 aliphatic rings. The number of carbonyl (C=O) groups is 5. The minimum atomic E-state index is -2.74. The van der Waals surface area contributed by atoms with E-state index in [1.165, 1.54) is 0 Å². The molecule has 0 aromatic rings. The summed E-state index contributed by atoms with van der Waals surface area (Å²) in [6.45, 7) is -8.32. The Kier molecular flexibility index (Phi) is 40.7. The van der Waals surface area contributed by atoms with Gasteiger partial charge in [-0.1, -0.05) is 0 Å². The molecule has 11 aliphatic heterocycles. The van der Waals surface area contributed by atoms with Gasteiger partial charge in [0.1, 0.15) is 268 Å². The fraction of sp³-hybridized carbons (Fsp3) is 0.934. The normalized spacial score (nSPS) is 48.9. The summed E-state index contributed by atoms with van der Waals surface area (Å²) in [4.78, 5) is 64.9. The third kappa shape index (κ3) is 25.0. The molecule has 11 rings (SSSR count). The van der Waals surface area contributed by atoms with Crippen LogP contribution >= 0.6 is 0 Å². The number of aliphatic hydroxyl groups excluding tert-OH is 30. The lowest BCUT2D eigenvalue weighted by Crippen LogP contribution is -2.71. The number of ether oxygens (including phenoxy) is 21. The van der Waals surface area contributed by atoms with Crippen LogP contribution in [0.25, 0.3) is 0 Å². The van der Waals surface area contributed by atoms with Crippen molar-refractivity contribution >= 4 is 29.5 Å². The van der Waals surface area contributed by atoms with E-state index >= 15 is 0 Å². The number of hydrogen-bond acceptors (Lipinski definition) is 56. The number of amides is 5. The zero-order valence-corrected chi connectivity index (χ0v) is 73.6. The van der Waals surface area contributed by atoms with Crippen LogP contribution in [0.4, 0.5) is 0 Å². The molecular formula is C76H127N5O56. The molecule has 792 valence electrons. The maximum absolute atomic E-state index is 13.5. The molecule has 0 saturated carbocycles. The van der Waals surface area contributed by atoms with Gasteiger partial charge in [0.25, 0.3) is 0 Å². The van der Waals surface area contributed by atoms with Crippen LogP contribution in [0.3, 0.4) is 0 Å². The van der Waals surface area contributed by atoms with Gasteiger partial charge in [-0.05, 0) is 0 Å². The van der Waals surface area contributed by atoms with Crippen molar-refractivity contribution in [2.45, 2.75) is 372 Å². The van der Waals surface area contributed by atoms with Crippen molar-refractivity contribution in [1.82, 2.24) is 26.6 Å². The molecule has 5 amide bonds. The van der Waals surface area contributed by atoms with Crippen LogP contribution in [0.2, 0.25) is 0 Å². The summed E-state index contributed by atoms with van der Waals surface area (Å²) >= 11 is 0. The Morgan fingerprint density at radius 1 is 0.190 bits per heavy atom. The van der Waals surface area contributed by atoms with Gasteiger partial charge in [0.2, 0.25) is 29.5 Å². The number of rotatable bonds is 36. The molecular weight excluding hydrogens is 1880 g/mol. The van der Waals surface area contributed by atoms with Crippen molar-refractivity contribution < 1.29 is 277 Å². The molecule has 11 saturated heterocycles. The van der Waals surface area contributed by atoms with Crippen LogP contribution in [-0.4, -0.2) is 593 Å². The van der Waals surface area contributed by atoms with Crippen molar-refractivity contribution in [3.05, 3.63) is 0 Å². The molecule has 35 N–H and O–H groups in total. The summed E-state index contributed by atoms with van der Waals surface area (Å²) in [6.07, 6.45) is -109. The Hall–Kier alpha value is -4.69. The van der Waals surface area contributed by atoms with E-state index in [0.29, 0.717) is 0 Å². The van der Waals surface area contributed by atoms with E-state index in [2.05, 4.69) is 26.6 Å². The van der Waals surface area contributed by atoms with Crippen LogP contribution in [0.15, 0.2) is 0 Å². The molecule has 137 heavy (non-hydrogen) atoms. The summed E-state index contributed by atoms with van der Waals surface area (Å²) in [5.74, 6) is -4.84. The predicted molar refractivity (Wildman–Crippen MR) is 420 cm³/mol. The highest BCUT2D eigenvalue weighted by Gasteiger charge is 2.63. The fourth-order valence-corrected chi connectivity index (χ4v) is 17.8. The summed E-state index contributed by atoms with van der Waals surface area (Å²) in [5.41, 5.74) is 0. The highest BCUT2D eigenvalue weighted by atomic mass is 16.8. The van der Waals surface area contributed by atoms with Gasteiger partial charge in [0.15, 0.2) is 69.2 Å². The SMILES string of the molecule is CC(=O)N[C@@H]1[C@@H](O)[C@H](O[C@@H]2O[C@H](CO)[C@@H](O[C@@H]3O[C@H](CO[C@H]4O[C@H](CO)[C@@H](O)[C@H](O)[C@@H]4O[C@@H]4O[C@H](CO)[C@@H](O[C@@H]5O[C@H](CO)[C@H](O)[C@H](O)[C@H]5O)[C@H](O)[C@H]4NC(C)=O)[C@@H](O)[C@H](O[C@H]4O[C@H](CO)[C@@H](O[C@@H]5O[C@H](CO)[C@@H](O)[C@H](O)[C@H]5NC(C)=O)[C@H](O)[C@@H]4O[C@@H]4O[C@H](CO)[C@@H](O[C@@H]5O[C@H](CO)[C@H](O)[C@H](O[C@H]6O[C@H](CO)[C@H](O)[C@H](O)[C@H]6O)[C@H]5O)[C@H](O)[C@H]4NC(C)=O)[C@@H]3O)[C@H](O)[C@H]2NC(C)=O)[C@@H](CO)O[C@H]1O. The minimum Gasteiger partial charge on any atom is -0.394 e. The first kappa shape index (κ1) is 113. The van der Waals surface area contributed by atoms with E-state index in [1.54, 1.807) is 0 Å². The van der Waals surface area contributed by atoms with Gasteiger partial charge in [-0.25, -0.2) is 0 Å². The summed E-state index contributed by atoms with van der Waals surface area (Å²) in [5, 5.41) is 350. The van der Waals surface area contributed by atoms with E-state index in [1.807, 2.05) is 0 Å². The first-order chi connectivity index (χ1) is 64.9. The van der Waals surface area contributed by atoms with Crippen molar-refractivity contribution in [3.8, 4) is 0 Å². The van der Waals surface area contributed by atoms with E-state index in [0.717, 1.165) is 34.6 Å². The molecule has 0 bridgehead atoms. The molecule has 0 unspecified atom stereocenters. The van der Waals surface area contributed by atoms with E-state index < -0.39 is 440 Å². The summed E-state index contributed by atoms with van der Waals surface area (Å²) in [6, 6.07) is -9.80. The first-order valence-electron chi connectivity index (χ1n) is 43.7. The zero-order valence-electron chi connectivity index (χ0n) is 73.6. The first-order valence-corrected chi connectivity index (χ1v) is 43.7. The fourth-order valence-electron chi connectivity index (χ4n) is 17.8. The highest BCUT2D eigenvalue weighted by molar-refractivity contribution is 5.75. The largest absolute Gasteiger partial charge is 0.394 e. The average Bonchev–Trinajstić information content (AvgIpc) is 0.757. The second-order valence-electron chi connectivity index (χ2n) is 34.5. The average molecular weight is 2010 g/mol. The zero-order chi connectivity index (χ0) is 101. The highest BCUT2D eigenvalue weighted by Crippen LogP contribution is 2.42. The molecule has 0 radical (unpaired) electrons. The molecule has 0 aromatic carbocycles. The summed E-state index contributed by atoms with van der Waals surface area (Å²) < 4.78 is 126. The van der Waals surface area contributed by atoms with Gasteiger partial charge < -0.3 is 279 Å². The minimum absolute atomic E-state index is 0.828. The van der Waals surface area contributed by atoms with Crippen LogP contribution in [0.1, 0.15) is 34.6 Å². The number of hydrogen-bond donors (Lipinski definition) is 35. The van der Waals surface area contributed by atoms with E-state index in [9.17, 15) is 177 Å². The topological polar surface area (TPSA) is 946 Å². The van der Waals surface area contributed by atoms with Crippen molar-refractivity contribution in [2.75, 3.05) is 72.7 Å². The second kappa shape index (κ2) is 49.5. The van der Waals surface area contributed by atoms with E-state index in [4.69, 9.17) is 99.5 Å². The number of aliphatic hydroxyl groups is 30. The Bertz CT molecular complexity index is 3780.